The first-order valence-electron chi connectivity index (χ1n) is 8.80. The van der Waals surface area contributed by atoms with Crippen LogP contribution in [0.2, 0.25) is 0 Å². The molecule has 2 aromatic carbocycles. The van der Waals surface area contributed by atoms with E-state index in [1.165, 1.54) is 0 Å². The first-order chi connectivity index (χ1) is 14.2. The Morgan fingerprint density at radius 1 is 0.800 bits per heavy atom. The van der Waals surface area contributed by atoms with Gasteiger partial charge in [-0.05, 0) is 40.8 Å². The van der Waals surface area contributed by atoms with Crippen LogP contribution in [0.5, 0.6) is 0 Å². The number of halogens is 2. The molecule has 30 heavy (non-hydrogen) atoms. The van der Waals surface area contributed by atoms with E-state index in [-0.39, 0.29) is 25.7 Å². The van der Waals surface area contributed by atoms with Crippen LogP contribution in [0, 0.1) is 17.7 Å². The number of pyridine rings is 2. The molecule has 4 nitrogen and oxygen atoms in total. The number of fused-ring (bicyclic) bond motifs is 1. The van der Waals surface area contributed by atoms with Gasteiger partial charge < -0.3 is 15.0 Å². The van der Waals surface area contributed by atoms with E-state index in [4.69, 9.17) is 0 Å². The van der Waals surface area contributed by atoms with Crippen LogP contribution < -0.4 is 4.98 Å². The standard InChI is InChI=1S/C12H8N3.C11H6F2N.Ir/c1-2-6-10-9(5-1)14-12(15-10)11-7-3-4-8-13-11;12-8-4-5-9(10(13)7-8)11-3-1-2-6-14-11;/h1-8H;1-4,6-7H;/q2*-1;. The average molecular weight is 577 g/mol. The van der Waals surface area contributed by atoms with Gasteiger partial charge in [-0.3, -0.25) is 13.8 Å². The normalized spacial score (nSPS) is 10.1. The third-order valence-corrected chi connectivity index (χ3v) is 4.01. The molecule has 0 unspecified atom stereocenters. The summed E-state index contributed by atoms with van der Waals surface area (Å²) in [5, 5.41) is 0. The van der Waals surface area contributed by atoms with Crippen LogP contribution in [0.25, 0.3) is 33.8 Å². The van der Waals surface area contributed by atoms with Crippen LogP contribution in [0.15, 0.2) is 85.2 Å². The summed E-state index contributed by atoms with van der Waals surface area (Å²) in [4.78, 5) is 17.0. The van der Waals surface area contributed by atoms with E-state index < -0.39 is 11.6 Å². The van der Waals surface area contributed by atoms with E-state index >= 15 is 0 Å². The van der Waals surface area contributed by atoms with Crippen molar-refractivity contribution in [2.45, 2.75) is 0 Å². The van der Waals surface area contributed by atoms with E-state index in [1.54, 1.807) is 30.6 Å². The number of nitrogens with zero attached hydrogens (tertiary/aromatic N) is 4. The van der Waals surface area contributed by atoms with Gasteiger partial charge in [0.25, 0.3) is 0 Å². The molecule has 5 rings (SSSR count). The predicted molar refractivity (Wildman–Crippen MR) is 107 cm³/mol. The second-order valence-electron chi connectivity index (χ2n) is 6.01. The maximum absolute atomic E-state index is 13.2. The smallest absolute Gasteiger partial charge is 0.0620 e. The van der Waals surface area contributed by atoms with Gasteiger partial charge in [-0.2, -0.15) is 0 Å². The quantitative estimate of drug-likeness (QED) is 0.275. The molecule has 0 N–H and O–H groups in total. The Kier molecular flexibility index (Phi) is 7.12. The molecule has 0 aliphatic carbocycles. The first-order valence-corrected chi connectivity index (χ1v) is 8.80. The molecule has 0 amide bonds. The molecule has 3 aromatic heterocycles. The molecule has 0 saturated carbocycles. The number of hydrogen-bond donors (Lipinski definition) is 0. The van der Waals surface area contributed by atoms with Gasteiger partial charge >= 0.3 is 0 Å². The molecule has 0 bridgehead atoms. The summed E-state index contributed by atoms with van der Waals surface area (Å²) >= 11 is 0. The molecule has 0 aliphatic rings. The Labute approximate surface area is 185 Å². The largest absolute Gasteiger partial charge is 0.434 e. The number of benzene rings is 2. The van der Waals surface area contributed by atoms with Crippen LogP contribution in [0.4, 0.5) is 8.78 Å². The fourth-order valence-corrected chi connectivity index (χ4v) is 2.67. The molecule has 3 heterocycles. The molecular formula is C23H14F2IrN4-2. The number of hydrogen-bond acceptors (Lipinski definition) is 3. The molecule has 151 valence electrons. The predicted octanol–water partition coefficient (Wildman–Crippen LogP) is 5.08. The topological polar surface area (TPSA) is 52.8 Å². The van der Waals surface area contributed by atoms with Crippen molar-refractivity contribution in [3.8, 4) is 22.8 Å². The summed E-state index contributed by atoms with van der Waals surface area (Å²) in [5.74, 6) is -0.595. The van der Waals surface area contributed by atoms with Crippen LogP contribution >= 0.6 is 0 Å². The minimum Gasteiger partial charge on any atom is -0.434 e. The molecule has 0 spiro atoms. The fraction of sp³-hybridized carbons (Fsp3) is 0. The maximum atomic E-state index is 13.2. The van der Waals surface area contributed by atoms with Gasteiger partial charge in [0.15, 0.2) is 0 Å². The summed E-state index contributed by atoms with van der Waals surface area (Å²) in [6, 6.07) is 23.1. The van der Waals surface area contributed by atoms with Crippen molar-refractivity contribution in [3.05, 3.63) is 103 Å². The zero-order chi connectivity index (χ0) is 20.1. The van der Waals surface area contributed by atoms with Crippen LogP contribution in [-0.4, -0.2) is 15.0 Å². The van der Waals surface area contributed by atoms with E-state index in [9.17, 15) is 8.78 Å². The maximum Gasteiger partial charge on any atom is 0.0620 e. The van der Waals surface area contributed by atoms with Crippen LogP contribution in [0.3, 0.4) is 0 Å². The van der Waals surface area contributed by atoms with Gasteiger partial charge in [0.2, 0.25) is 0 Å². The van der Waals surface area contributed by atoms with Gasteiger partial charge in [0.1, 0.15) is 0 Å². The minimum absolute atomic E-state index is 0. The molecule has 1 radical (unpaired) electrons. The second kappa shape index (κ2) is 9.96. The minimum atomic E-state index is -0.649. The van der Waals surface area contributed by atoms with Crippen molar-refractivity contribution in [1.82, 2.24) is 19.9 Å². The third-order valence-electron chi connectivity index (χ3n) is 4.01. The third kappa shape index (κ3) is 5.00. The molecule has 0 atom stereocenters. The SMILES string of the molecule is Fc1c[c-]c(-c2ccccn2)c(F)c1.[Ir].c1ccc(-c2nc3ccccc3[n-]2)nc1. The second-order valence-corrected chi connectivity index (χ2v) is 6.01. The fourth-order valence-electron chi connectivity index (χ4n) is 2.67. The van der Waals surface area contributed by atoms with Gasteiger partial charge in [-0.1, -0.05) is 54.1 Å². The van der Waals surface area contributed by atoms with Crippen LogP contribution in [-0.2, 0) is 20.1 Å². The van der Waals surface area contributed by atoms with Gasteiger partial charge in [0, 0.05) is 44.1 Å². The number of imidazole rings is 1. The van der Waals surface area contributed by atoms with Crippen molar-refractivity contribution in [2.24, 2.45) is 0 Å². The number of aromatic nitrogens is 4. The number of rotatable bonds is 2. The molecule has 0 aliphatic heterocycles. The summed E-state index contributed by atoms with van der Waals surface area (Å²) in [7, 11) is 0. The number of para-hydroxylation sites is 2. The van der Waals surface area contributed by atoms with Gasteiger partial charge in [0.05, 0.1) is 5.69 Å². The van der Waals surface area contributed by atoms with Crippen molar-refractivity contribution in [2.75, 3.05) is 0 Å². The van der Waals surface area contributed by atoms with Crippen molar-refractivity contribution in [1.29, 1.82) is 0 Å². The molecular weight excluding hydrogens is 562 g/mol. The summed E-state index contributed by atoms with van der Waals surface area (Å²) in [6.07, 6.45) is 3.29. The van der Waals surface area contributed by atoms with Crippen LogP contribution in [0.1, 0.15) is 0 Å². The van der Waals surface area contributed by atoms with E-state index in [1.807, 2.05) is 42.5 Å². The Morgan fingerprint density at radius 3 is 2.10 bits per heavy atom. The summed E-state index contributed by atoms with van der Waals surface area (Å²) in [5.41, 5.74) is 3.28. The average Bonchev–Trinajstić information content (AvgIpc) is 3.20. The van der Waals surface area contributed by atoms with Gasteiger partial charge in [-0.25, -0.2) is 0 Å². The van der Waals surface area contributed by atoms with Crippen molar-refractivity contribution in [3.63, 3.8) is 0 Å². The molecule has 5 aromatic rings. The van der Waals surface area contributed by atoms with E-state index in [2.05, 4.69) is 26.0 Å². The van der Waals surface area contributed by atoms with Crippen molar-refractivity contribution >= 4 is 11.0 Å². The Hall–Kier alpha value is -3.28. The zero-order valence-corrected chi connectivity index (χ0v) is 17.9. The monoisotopic (exact) mass is 577 g/mol. The Bertz CT molecular complexity index is 1190. The summed E-state index contributed by atoms with van der Waals surface area (Å²) in [6.45, 7) is 0. The van der Waals surface area contributed by atoms with Gasteiger partial charge in [-0.15, -0.1) is 12.1 Å². The van der Waals surface area contributed by atoms with E-state index in [0.29, 0.717) is 11.5 Å². The first kappa shape index (κ1) is 21.4. The molecule has 7 heteroatoms. The summed E-state index contributed by atoms with van der Waals surface area (Å²) < 4.78 is 25.8. The van der Waals surface area contributed by atoms with E-state index in [0.717, 1.165) is 28.9 Å². The Balaban J connectivity index is 0.000000166. The zero-order valence-electron chi connectivity index (χ0n) is 15.5. The Morgan fingerprint density at radius 2 is 1.47 bits per heavy atom. The molecule has 0 fully saturated rings. The van der Waals surface area contributed by atoms with Crippen molar-refractivity contribution < 1.29 is 28.9 Å². The molecule has 0 saturated heterocycles.